The van der Waals surface area contributed by atoms with E-state index in [0.717, 1.165) is 29.1 Å². The van der Waals surface area contributed by atoms with Gasteiger partial charge in [-0.1, -0.05) is 52.0 Å². The van der Waals surface area contributed by atoms with Crippen LogP contribution in [0.1, 0.15) is 78.9 Å². The summed E-state index contributed by atoms with van der Waals surface area (Å²) in [5.74, 6) is 0.210. The van der Waals surface area contributed by atoms with E-state index in [2.05, 4.69) is 62.6 Å². The van der Waals surface area contributed by atoms with Crippen molar-refractivity contribution in [2.24, 2.45) is 0 Å². The van der Waals surface area contributed by atoms with Gasteiger partial charge in [0.15, 0.2) is 5.11 Å². The highest BCUT2D eigenvalue weighted by molar-refractivity contribution is 7.80. The molecule has 0 amide bonds. The minimum Gasteiger partial charge on any atom is -0.465 e. The number of carbonyl (C=O) groups is 1. The van der Waals surface area contributed by atoms with Crippen LogP contribution in [0, 0.1) is 0 Å². The Balaban J connectivity index is 2.10. The van der Waals surface area contributed by atoms with Crippen molar-refractivity contribution in [3.05, 3.63) is 51.9 Å². The third-order valence-electron chi connectivity index (χ3n) is 5.00. The average Bonchev–Trinajstić information content (AvgIpc) is 3.13. The van der Waals surface area contributed by atoms with Gasteiger partial charge >= 0.3 is 5.97 Å². The molecule has 2 aromatic rings. The number of esters is 1. The summed E-state index contributed by atoms with van der Waals surface area (Å²) in [5.41, 5.74) is 3.09. The standard InChI is InChI=1S/C22H30N2O2S2/c1-6-14(4)15-9-11-16(12-10-15)19(8-3)23-22(27)24-20-18(21(25)26-5)13-17(7-2)28-20/h9-14,19H,6-8H2,1-5H3,(H2,23,24,27). The van der Waals surface area contributed by atoms with Crippen LogP contribution in [0.3, 0.4) is 0 Å². The second-order valence-corrected chi connectivity index (χ2v) is 8.38. The first-order valence-corrected chi connectivity index (χ1v) is 11.0. The Morgan fingerprint density at radius 3 is 2.32 bits per heavy atom. The zero-order valence-corrected chi connectivity index (χ0v) is 18.9. The van der Waals surface area contributed by atoms with E-state index in [9.17, 15) is 4.79 Å². The fraction of sp³-hybridized carbons (Fsp3) is 0.455. The highest BCUT2D eigenvalue weighted by atomic mass is 32.1. The van der Waals surface area contributed by atoms with Gasteiger partial charge in [0.2, 0.25) is 0 Å². The van der Waals surface area contributed by atoms with Gasteiger partial charge in [-0.2, -0.15) is 0 Å². The van der Waals surface area contributed by atoms with E-state index in [1.54, 1.807) is 0 Å². The average molecular weight is 419 g/mol. The molecule has 0 spiro atoms. The normalized spacial score (nSPS) is 12.9. The molecule has 28 heavy (non-hydrogen) atoms. The number of methoxy groups -OCH3 is 1. The van der Waals surface area contributed by atoms with Gasteiger partial charge in [0.05, 0.1) is 18.7 Å². The lowest BCUT2D eigenvalue weighted by atomic mass is 9.95. The van der Waals surface area contributed by atoms with E-state index in [1.165, 1.54) is 29.6 Å². The summed E-state index contributed by atoms with van der Waals surface area (Å²) in [5, 5.41) is 7.80. The number of ether oxygens (including phenoxy) is 1. The number of thiophene rings is 1. The Kier molecular flexibility index (Phi) is 8.45. The van der Waals surface area contributed by atoms with E-state index >= 15 is 0 Å². The first-order chi connectivity index (χ1) is 13.4. The van der Waals surface area contributed by atoms with Crippen molar-refractivity contribution in [2.75, 3.05) is 12.4 Å². The number of carbonyl (C=O) groups excluding carboxylic acids is 1. The molecule has 0 saturated carbocycles. The smallest absolute Gasteiger partial charge is 0.340 e. The molecule has 4 nitrogen and oxygen atoms in total. The minimum atomic E-state index is -0.353. The first-order valence-electron chi connectivity index (χ1n) is 9.81. The molecule has 152 valence electrons. The molecule has 1 aromatic heterocycles. The molecule has 0 aliphatic rings. The summed E-state index contributed by atoms with van der Waals surface area (Å²) in [4.78, 5) is 13.1. The zero-order valence-electron chi connectivity index (χ0n) is 17.3. The summed E-state index contributed by atoms with van der Waals surface area (Å²) in [7, 11) is 1.39. The molecule has 0 aliphatic heterocycles. The molecule has 0 radical (unpaired) electrons. The molecular weight excluding hydrogens is 388 g/mol. The Hall–Kier alpha value is -1.92. The molecule has 2 unspecified atom stereocenters. The number of aryl methyl sites for hydroxylation is 1. The molecule has 2 N–H and O–H groups in total. The van der Waals surface area contributed by atoms with E-state index in [0.29, 0.717) is 16.6 Å². The Morgan fingerprint density at radius 2 is 1.79 bits per heavy atom. The predicted octanol–water partition coefficient (Wildman–Crippen LogP) is 6.05. The quantitative estimate of drug-likeness (QED) is 0.404. The number of anilines is 1. The van der Waals surface area contributed by atoms with Gasteiger partial charge in [0, 0.05) is 4.88 Å². The van der Waals surface area contributed by atoms with Crippen LogP contribution in [0.5, 0.6) is 0 Å². The van der Waals surface area contributed by atoms with Crippen LogP contribution >= 0.6 is 23.6 Å². The maximum Gasteiger partial charge on any atom is 0.340 e. The van der Waals surface area contributed by atoms with Crippen LogP contribution in [0.4, 0.5) is 5.00 Å². The van der Waals surface area contributed by atoms with E-state index in [4.69, 9.17) is 17.0 Å². The van der Waals surface area contributed by atoms with Crippen LogP contribution in [0.25, 0.3) is 0 Å². The minimum absolute atomic E-state index is 0.109. The van der Waals surface area contributed by atoms with Gasteiger partial charge in [-0.15, -0.1) is 11.3 Å². The second kappa shape index (κ2) is 10.6. The van der Waals surface area contributed by atoms with Crippen LogP contribution in [0.2, 0.25) is 0 Å². The van der Waals surface area contributed by atoms with Gasteiger partial charge in [0.25, 0.3) is 0 Å². The lowest BCUT2D eigenvalue weighted by Gasteiger charge is -2.21. The maximum absolute atomic E-state index is 12.0. The van der Waals surface area contributed by atoms with Crippen molar-refractivity contribution in [3.63, 3.8) is 0 Å². The Labute approximate surface area is 177 Å². The number of rotatable bonds is 8. The summed E-state index contributed by atoms with van der Waals surface area (Å²) in [6, 6.07) is 10.7. The fourth-order valence-electron chi connectivity index (χ4n) is 2.98. The topological polar surface area (TPSA) is 50.4 Å². The van der Waals surface area contributed by atoms with Crippen LogP contribution in [0.15, 0.2) is 30.3 Å². The number of benzene rings is 1. The molecule has 2 atom stereocenters. The third kappa shape index (κ3) is 5.55. The highest BCUT2D eigenvalue weighted by Crippen LogP contribution is 2.29. The van der Waals surface area contributed by atoms with E-state index in [-0.39, 0.29) is 12.0 Å². The van der Waals surface area contributed by atoms with Gasteiger partial charge in [-0.05, 0) is 54.6 Å². The molecule has 0 bridgehead atoms. The zero-order chi connectivity index (χ0) is 20.7. The predicted molar refractivity (Wildman–Crippen MR) is 123 cm³/mol. The second-order valence-electron chi connectivity index (χ2n) is 6.84. The van der Waals surface area contributed by atoms with Crippen molar-refractivity contribution in [1.82, 2.24) is 5.32 Å². The Bertz CT molecular complexity index is 799. The first kappa shape index (κ1) is 22.4. The SMILES string of the molecule is CCc1cc(C(=O)OC)c(NC(=S)NC(CC)c2ccc(C(C)CC)cc2)s1. The van der Waals surface area contributed by atoms with Crippen molar-refractivity contribution in [2.45, 2.75) is 58.9 Å². The van der Waals surface area contributed by atoms with E-state index < -0.39 is 0 Å². The largest absolute Gasteiger partial charge is 0.465 e. The van der Waals surface area contributed by atoms with Gasteiger partial charge < -0.3 is 15.4 Å². The van der Waals surface area contributed by atoms with Crippen molar-refractivity contribution >= 4 is 39.6 Å². The van der Waals surface area contributed by atoms with Gasteiger partial charge in [0.1, 0.15) is 5.00 Å². The molecule has 0 fully saturated rings. The molecular formula is C22H30N2O2S2. The molecule has 0 saturated heterocycles. The van der Waals surface area contributed by atoms with Crippen LogP contribution in [-0.2, 0) is 11.2 Å². The third-order valence-corrected chi connectivity index (χ3v) is 6.41. The summed E-state index contributed by atoms with van der Waals surface area (Å²) < 4.78 is 4.89. The lowest BCUT2D eigenvalue weighted by molar-refractivity contribution is 0.0602. The monoisotopic (exact) mass is 418 g/mol. The molecule has 1 heterocycles. The van der Waals surface area contributed by atoms with Crippen LogP contribution < -0.4 is 10.6 Å². The van der Waals surface area contributed by atoms with E-state index in [1.807, 2.05) is 6.07 Å². The van der Waals surface area contributed by atoms with Gasteiger partial charge in [-0.25, -0.2) is 4.79 Å². The number of hydrogen-bond donors (Lipinski definition) is 2. The van der Waals surface area contributed by atoms with Crippen LogP contribution in [-0.4, -0.2) is 18.2 Å². The molecule has 1 aromatic carbocycles. The molecule has 2 rings (SSSR count). The highest BCUT2D eigenvalue weighted by Gasteiger charge is 2.18. The lowest BCUT2D eigenvalue weighted by Crippen LogP contribution is -2.32. The summed E-state index contributed by atoms with van der Waals surface area (Å²) in [6.07, 6.45) is 2.89. The number of thiocarbonyl (C=S) groups is 1. The summed E-state index contributed by atoms with van der Waals surface area (Å²) >= 11 is 7.06. The molecule has 0 aliphatic carbocycles. The molecule has 6 heteroatoms. The summed E-state index contributed by atoms with van der Waals surface area (Å²) in [6.45, 7) is 8.64. The van der Waals surface area contributed by atoms with Gasteiger partial charge in [-0.3, -0.25) is 0 Å². The van der Waals surface area contributed by atoms with Crippen molar-refractivity contribution in [3.8, 4) is 0 Å². The van der Waals surface area contributed by atoms with Crippen molar-refractivity contribution in [1.29, 1.82) is 0 Å². The number of hydrogen-bond acceptors (Lipinski definition) is 4. The number of nitrogens with one attached hydrogen (secondary N) is 2. The Morgan fingerprint density at radius 1 is 1.14 bits per heavy atom. The fourth-order valence-corrected chi connectivity index (χ4v) is 4.28. The maximum atomic E-state index is 12.0. The van der Waals surface area contributed by atoms with Crippen molar-refractivity contribution < 1.29 is 9.53 Å².